The number of ether oxygens (including phenoxy) is 3. The molecule has 3 saturated heterocycles. The van der Waals surface area contributed by atoms with Gasteiger partial charge in [-0.3, -0.25) is 4.90 Å². The molecule has 13 nitrogen and oxygen atoms in total. The maximum Gasteiger partial charge on any atom is 0.341 e. The van der Waals surface area contributed by atoms with Crippen LogP contribution in [0.2, 0.25) is 0 Å². The zero-order chi connectivity index (χ0) is 30.1. The summed E-state index contributed by atoms with van der Waals surface area (Å²) in [5.41, 5.74) is 0.0610. The summed E-state index contributed by atoms with van der Waals surface area (Å²) in [5, 5.41) is 11.0. The molecule has 3 fully saturated rings. The van der Waals surface area contributed by atoms with E-state index in [0.29, 0.717) is 31.0 Å². The van der Waals surface area contributed by atoms with Crippen LogP contribution in [0.3, 0.4) is 0 Å². The fraction of sp³-hybridized carbons (Fsp3) is 0.593. The predicted molar refractivity (Wildman–Crippen MR) is 150 cm³/mol. The number of hydrogen-bond donors (Lipinski definition) is 2. The third-order valence-corrected chi connectivity index (χ3v) is 9.79. The molecule has 2 N–H and O–H groups in total. The number of carbonyl (C=O) groups excluding carboxylic acids is 1. The number of nitrogens with zero attached hydrogens (tertiary/aromatic N) is 5. The molecule has 0 saturated carbocycles. The number of rotatable bonds is 9. The van der Waals surface area contributed by atoms with Crippen molar-refractivity contribution in [1.82, 2.24) is 23.9 Å². The van der Waals surface area contributed by atoms with E-state index in [4.69, 9.17) is 14.2 Å². The molecule has 0 radical (unpaired) electrons. The Morgan fingerprint density at radius 2 is 1.98 bits per heavy atom. The number of piperidine rings is 1. The number of β-amino-alcohol motifs (C(OH)–C–C–N with tert-alkyl or cyclic N) is 1. The Labute approximate surface area is 244 Å². The van der Waals surface area contributed by atoms with Crippen molar-refractivity contribution in [1.29, 1.82) is 0 Å². The van der Waals surface area contributed by atoms with E-state index >= 15 is 0 Å². The van der Waals surface area contributed by atoms with Gasteiger partial charge in [0.1, 0.15) is 23.5 Å². The van der Waals surface area contributed by atoms with Crippen LogP contribution < -0.4 is 14.4 Å². The van der Waals surface area contributed by atoms with Gasteiger partial charge in [-0.25, -0.2) is 19.2 Å². The Hall–Kier alpha value is -2.95. The lowest BCUT2D eigenvalue weighted by atomic mass is 9.72. The summed E-state index contributed by atoms with van der Waals surface area (Å²) in [6, 6.07) is 3.26. The number of halogens is 1. The molecule has 1 spiro atoms. The smallest absolute Gasteiger partial charge is 0.341 e. The molecule has 3 aliphatic heterocycles. The molecular weight excluding hydrogens is 571 g/mol. The molecule has 2 aromatic rings. The number of carbonyl (C=O) groups is 1. The lowest BCUT2D eigenvalue weighted by Crippen LogP contribution is -2.62. The minimum absolute atomic E-state index is 0.0336. The molecule has 4 heterocycles. The Kier molecular flexibility index (Phi) is 8.70. The fourth-order valence-corrected chi connectivity index (χ4v) is 6.53. The van der Waals surface area contributed by atoms with Crippen LogP contribution in [0.1, 0.15) is 36.0 Å². The van der Waals surface area contributed by atoms with E-state index < -0.39 is 27.8 Å². The second kappa shape index (κ2) is 12.0. The normalized spacial score (nSPS) is 24.4. The highest BCUT2D eigenvalue weighted by Gasteiger charge is 2.47. The third kappa shape index (κ3) is 6.66. The van der Waals surface area contributed by atoms with Gasteiger partial charge in [0.2, 0.25) is 0 Å². The number of aliphatic hydroxyl groups is 1. The first-order chi connectivity index (χ1) is 19.9. The lowest BCUT2D eigenvalue weighted by Gasteiger charge is -2.55. The highest BCUT2D eigenvalue weighted by atomic mass is 32.2. The number of hydrogen-bond acceptors (Lipinski definition) is 11. The average Bonchev–Trinajstić information content (AvgIpc) is 2.94. The Morgan fingerprint density at radius 1 is 1.24 bits per heavy atom. The van der Waals surface area contributed by atoms with Crippen molar-refractivity contribution in [3.05, 3.63) is 42.1 Å². The molecule has 42 heavy (non-hydrogen) atoms. The quantitative estimate of drug-likeness (QED) is 0.398. The highest BCUT2D eigenvalue weighted by Crippen LogP contribution is 2.45. The van der Waals surface area contributed by atoms with Crippen LogP contribution >= 0.6 is 0 Å². The van der Waals surface area contributed by atoms with Crippen molar-refractivity contribution in [2.24, 2.45) is 5.41 Å². The predicted octanol–water partition coefficient (Wildman–Crippen LogP) is 1.36. The van der Waals surface area contributed by atoms with Crippen LogP contribution in [-0.2, 0) is 19.7 Å². The molecule has 0 amide bonds. The number of aromatic nitrogens is 2. The van der Waals surface area contributed by atoms with Crippen LogP contribution in [-0.4, -0.2) is 111 Å². The molecule has 0 unspecified atom stereocenters. The van der Waals surface area contributed by atoms with Crippen LogP contribution in [0.4, 0.5) is 10.2 Å². The van der Waals surface area contributed by atoms with Crippen molar-refractivity contribution in [2.45, 2.75) is 37.5 Å². The summed E-state index contributed by atoms with van der Waals surface area (Å²) in [5.74, 6) is -1.52. The van der Waals surface area contributed by atoms with Gasteiger partial charge in [0.05, 0.1) is 26.5 Å². The average molecular weight is 609 g/mol. The summed E-state index contributed by atoms with van der Waals surface area (Å²) in [6.07, 6.45) is 5.63. The monoisotopic (exact) mass is 608 g/mol. The number of anilines is 1. The van der Waals surface area contributed by atoms with Gasteiger partial charge in [-0.15, -0.1) is 0 Å². The first kappa shape index (κ1) is 30.5. The standard InChI is InChI=1S/C27H37FN6O7S/c1-32(2)42(37,38)31-20-6-7-27(36,40-14-20)17-33-10-8-26(9-11-33)15-34(16-26)24-23(13-29-18-30-24)41-22-5-4-19(28)12-21(22)25(35)39-3/h4-5,12-13,18,20,31,36H,6-11,14-17H2,1-3H3/t20-,27-/m1/s1. The molecule has 1 aromatic heterocycles. The van der Waals surface area contributed by atoms with E-state index in [0.717, 1.165) is 49.4 Å². The Balaban J connectivity index is 1.14. The number of likely N-dealkylation sites (tertiary alicyclic amines) is 1. The van der Waals surface area contributed by atoms with Crippen molar-refractivity contribution >= 4 is 22.0 Å². The van der Waals surface area contributed by atoms with Crippen LogP contribution in [0.5, 0.6) is 11.5 Å². The topological polar surface area (TPSA) is 147 Å². The second-order valence-corrected chi connectivity index (χ2v) is 13.4. The Morgan fingerprint density at radius 3 is 2.62 bits per heavy atom. The lowest BCUT2D eigenvalue weighted by molar-refractivity contribution is -0.239. The first-order valence-corrected chi connectivity index (χ1v) is 15.2. The van der Waals surface area contributed by atoms with E-state index in [1.807, 2.05) is 0 Å². The number of methoxy groups -OCH3 is 1. The van der Waals surface area contributed by atoms with Gasteiger partial charge < -0.3 is 24.2 Å². The van der Waals surface area contributed by atoms with Crippen molar-refractivity contribution in [3.63, 3.8) is 0 Å². The third-order valence-electron chi connectivity index (χ3n) is 8.20. The van der Waals surface area contributed by atoms with E-state index in [2.05, 4.69) is 24.5 Å². The highest BCUT2D eigenvalue weighted by molar-refractivity contribution is 7.87. The van der Waals surface area contributed by atoms with Crippen molar-refractivity contribution in [2.75, 3.05) is 65.4 Å². The van der Waals surface area contributed by atoms with Gasteiger partial charge in [0, 0.05) is 45.1 Å². The fourth-order valence-electron chi connectivity index (χ4n) is 5.71. The van der Waals surface area contributed by atoms with Gasteiger partial charge in [0.15, 0.2) is 17.4 Å². The van der Waals surface area contributed by atoms with E-state index in [-0.39, 0.29) is 29.4 Å². The summed E-state index contributed by atoms with van der Waals surface area (Å²) in [6.45, 7) is 3.58. The summed E-state index contributed by atoms with van der Waals surface area (Å²) >= 11 is 0. The zero-order valence-electron chi connectivity index (χ0n) is 24.0. The number of esters is 1. The van der Waals surface area contributed by atoms with E-state index in [1.54, 1.807) is 0 Å². The van der Waals surface area contributed by atoms with Gasteiger partial charge >= 0.3 is 5.97 Å². The maximum absolute atomic E-state index is 13.8. The SMILES string of the molecule is COC(=O)c1cc(F)ccc1Oc1cncnc1N1CC2(CCN(C[C@@]3(O)CC[C@@H](NS(=O)(=O)N(C)C)CO3)CC2)C1. The molecule has 230 valence electrons. The first-order valence-electron chi connectivity index (χ1n) is 13.8. The van der Waals surface area contributed by atoms with Gasteiger partial charge in [0.25, 0.3) is 10.2 Å². The van der Waals surface area contributed by atoms with Crippen LogP contribution in [0.15, 0.2) is 30.7 Å². The van der Waals surface area contributed by atoms with E-state index in [9.17, 15) is 22.7 Å². The Bertz CT molecular complexity index is 1390. The van der Waals surface area contributed by atoms with Crippen molar-refractivity contribution < 1.29 is 36.9 Å². The molecule has 2 atom stereocenters. The number of nitrogens with one attached hydrogen (secondary N) is 1. The molecular formula is C27H37FN6O7S. The number of benzene rings is 1. The zero-order valence-corrected chi connectivity index (χ0v) is 24.8. The molecule has 5 rings (SSSR count). The van der Waals surface area contributed by atoms with E-state index in [1.165, 1.54) is 45.9 Å². The van der Waals surface area contributed by atoms with Crippen molar-refractivity contribution in [3.8, 4) is 11.5 Å². The second-order valence-electron chi connectivity index (χ2n) is 11.5. The molecule has 0 bridgehead atoms. The molecule has 1 aromatic carbocycles. The maximum atomic E-state index is 13.8. The molecule has 0 aliphatic carbocycles. The molecule has 15 heteroatoms. The van der Waals surface area contributed by atoms with Gasteiger partial charge in [-0.2, -0.15) is 17.4 Å². The summed E-state index contributed by atoms with van der Waals surface area (Å²) in [7, 11) is 0.577. The summed E-state index contributed by atoms with van der Waals surface area (Å²) in [4.78, 5) is 24.9. The molecule has 3 aliphatic rings. The van der Waals surface area contributed by atoms with Gasteiger partial charge in [-0.1, -0.05) is 0 Å². The van der Waals surface area contributed by atoms with Crippen LogP contribution in [0.25, 0.3) is 0 Å². The largest absolute Gasteiger partial charge is 0.465 e. The minimum atomic E-state index is -3.56. The van der Waals surface area contributed by atoms with Crippen LogP contribution in [0, 0.1) is 11.2 Å². The minimum Gasteiger partial charge on any atom is -0.465 e. The van der Waals surface area contributed by atoms with Gasteiger partial charge in [-0.05, 0) is 50.6 Å². The summed E-state index contributed by atoms with van der Waals surface area (Å²) < 4.78 is 58.2.